The number of carbonyl (C=O) groups is 4. The van der Waals surface area contributed by atoms with Gasteiger partial charge in [0, 0.05) is 17.4 Å². The topological polar surface area (TPSA) is 89.5 Å². The Bertz CT molecular complexity index is 764. The Balaban J connectivity index is 1.88. The number of Topliss-reactive ketones (excluding diaryl/α,β-unsaturated/α-hetero) is 1. The van der Waals surface area contributed by atoms with E-state index in [9.17, 15) is 19.2 Å². The third-order valence-corrected chi connectivity index (χ3v) is 4.19. The number of ether oxygens (including phenoxy) is 1. The number of hydrogen-bond donors (Lipinski definition) is 1. The zero-order valence-electron chi connectivity index (χ0n) is 12.9. The van der Waals surface area contributed by atoms with Gasteiger partial charge in [-0.25, -0.2) is 4.79 Å². The normalized spacial score (nSPS) is 10.0. The lowest BCUT2D eigenvalue weighted by atomic mass is 10.1. The van der Waals surface area contributed by atoms with Crippen molar-refractivity contribution >= 4 is 35.3 Å². The number of carbonyl (C=O) groups excluding carboxylic acids is 4. The van der Waals surface area contributed by atoms with Gasteiger partial charge in [-0.05, 0) is 24.3 Å². The highest BCUT2D eigenvalue weighted by molar-refractivity contribution is 7.14. The minimum absolute atomic E-state index is 0.147. The fourth-order valence-electron chi connectivity index (χ4n) is 1.82. The Morgan fingerprint density at radius 1 is 1.12 bits per heavy atom. The van der Waals surface area contributed by atoms with E-state index in [4.69, 9.17) is 4.74 Å². The Morgan fingerprint density at radius 2 is 1.83 bits per heavy atom. The van der Waals surface area contributed by atoms with Crippen LogP contribution in [0.15, 0.2) is 36.4 Å². The molecule has 1 aromatic carbocycles. The molecule has 6 nitrogen and oxygen atoms in total. The largest absolute Gasteiger partial charge is 0.454 e. The third-order valence-electron chi connectivity index (χ3n) is 3.06. The molecule has 7 heteroatoms. The maximum absolute atomic E-state index is 12.0. The molecule has 0 atom stereocenters. The molecule has 1 amide bonds. The van der Waals surface area contributed by atoms with Gasteiger partial charge in [-0.3, -0.25) is 14.4 Å². The van der Waals surface area contributed by atoms with Crippen LogP contribution in [0.5, 0.6) is 0 Å². The molecule has 0 aliphatic rings. The van der Waals surface area contributed by atoms with Gasteiger partial charge in [-0.2, -0.15) is 0 Å². The quantitative estimate of drug-likeness (QED) is 0.472. The van der Waals surface area contributed by atoms with Crippen LogP contribution in [0.25, 0.3) is 0 Å². The molecule has 1 heterocycles. The van der Waals surface area contributed by atoms with Gasteiger partial charge in [0.1, 0.15) is 6.29 Å². The zero-order chi connectivity index (χ0) is 17.5. The van der Waals surface area contributed by atoms with E-state index in [-0.39, 0.29) is 23.9 Å². The van der Waals surface area contributed by atoms with E-state index >= 15 is 0 Å². The van der Waals surface area contributed by atoms with E-state index in [0.717, 1.165) is 4.88 Å². The summed E-state index contributed by atoms with van der Waals surface area (Å²) in [5, 5.41) is 2.65. The maximum Gasteiger partial charge on any atom is 0.338 e. The fraction of sp³-hybridized carbons (Fsp3) is 0.176. The summed E-state index contributed by atoms with van der Waals surface area (Å²) in [5.74, 6) is -1.09. The molecule has 0 spiro atoms. The van der Waals surface area contributed by atoms with Gasteiger partial charge < -0.3 is 10.1 Å². The predicted molar refractivity (Wildman–Crippen MR) is 88.3 cm³/mol. The van der Waals surface area contributed by atoms with Crippen LogP contribution in [0.2, 0.25) is 0 Å². The number of amides is 1. The number of nitrogens with one attached hydrogen (secondary N) is 1. The van der Waals surface area contributed by atoms with Gasteiger partial charge in [0.2, 0.25) is 11.7 Å². The predicted octanol–water partition coefficient (Wildman–Crippen LogP) is 2.24. The molecule has 0 unspecified atom stereocenters. The van der Waals surface area contributed by atoms with E-state index in [1.54, 1.807) is 12.1 Å². The summed E-state index contributed by atoms with van der Waals surface area (Å²) in [4.78, 5) is 46.6. The number of aldehydes is 1. The second-order valence-electron chi connectivity index (χ2n) is 4.91. The van der Waals surface area contributed by atoms with Crippen molar-refractivity contribution in [2.45, 2.75) is 13.5 Å². The van der Waals surface area contributed by atoms with Crippen molar-refractivity contribution in [1.82, 2.24) is 5.32 Å². The number of thiophene rings is 1. The highest BCUT2D eigenvalue weighted by Crippen LogP contribution is 2.17. The molecule has 2 rings (SSSR count). The van der Waals surface area contributed by atoms with E-state index in [2.05, 4.69) is 5.32 Å². The van der Waals surface area contributed by atoms with Gasteiger partial charge in [-0.15, -0.1) is 11.3 Å². The van der Waals surface area contributed by atoms with Crippen LogP contribution in [-0.2, 0) is 16.1 Å². The summed E-state index contributed by atoms with van der Waals surface area (Å²) in [6.45, 7) is 1.41. The Kier molecular flexibility index (Phi) is 5.97. The van der Waals surface area contributed by atoms with Gasteiger partial charge in [0.15, 0.2) is 6.61 Å². The average molecular weight is 345 g/mol. The molecule has 0 saturated carbocycles. The summed E-state index contributed by atoms with van der Waals surface area (Å²) in [6.07, 6.45) is 0.675. The van der Waals surface area contributed by atoms with Crippen LogP contribution in [0.1, 0.15) is 42.2 Å². The van der Waals surface area contributed by atoms with E-state index in [1.807, 2.05) is 0 Å². The molecule has 24 heavy (non-hydrogen) atoms. The lowest BCUT2D eigenvalue weighted by Crippen LogP contribution is -2.18. The van der Waals surface area contributed by atoms with Crippen molar-refractivity contribution in [3.63, 3.8) is 0 Å². The monoisotopic (exact) mass is 345 g/mol. The summed E-state index contributed by atoms with van der Waals surface area (Å²) in [5.41, 5.74) is 0.721. The molecule has 0 bridgehead atoms. The molecule has 0 aliphatic carbocycles. The molecule has 0 saturated heterocycles. The van der Waals surface area contributed by atoms with Gasteiger partial charge >= 0.3 is 5.97 Å². The minimum Gasteiger partial charge on any atom is -0.454 e. The van der Waals surface area contributed by atoms with Crippen molar-refractivity contribution in [3.05, 3.63) is 57.3 Å². The lowest BCUT2D eigenvalue weighted by molar-refractivity contribution is -0.119. The second kappa shape index (κ2) is 8.16. The first-order valence-electron chi connectivity index (χ1n) is 7.08. The lowest BCUT2D eigenvalue weighted by Gasteiger charge is -2.03. The molecule has 1 N–H and O–H groups in total. The van der Waals surface area contributed by atoms with Crippen LogP contribution in [0, 0.1) is 0 Å². The first-order chi connectivity index (χ1) is 11.5. The number of hydrogen-bond acceptors (Lipinski definition) is 6. The number of benzene rings is 1. The second-order valence-corrected chi connectivity index (χ2v) is 6.08. The van der Waals surface area contributed by atoms with Crippen molar-refractivity contribution in [3.8, 4) is 0 Å². The minimum atomic E-state index is -0.629. The summed E-state index contributed by atoms with van der Waals surface area (Å²) in [6, 6.07) is 9.31. The van der Waals surface area contributed by atoms with E-state index in [0.29, 0.717) is 23.3 Å². The van der Waals surface area contributed by atoms with Crippen LogP contribution in [0.3, 0.4) is 0 Å². The standard InChI is InChI=1S/C17H15NO5S/c1-11(20)18-8-14-6-7-16(24-14)15(21)10-23-17(22)13-4-2-12(9-19)3-5-13/h2-7,9H,8,10H2,1H3,(H,18,20). The highest BCUT2D eigenvalue weighted by atomic mass is 32.1. The number of rotatable bonds is 7. The maximum atomic E-state index is 12.0. The molecule has 0 aliphatic heterocycles. The molecule has 2 aromatic rings. The van der Waals surface area contributed by atoms with Crippen LogP contribution in [-0.4, -0.2) is 30.6 Å². The molecular formula is C17H15NO5S. The SMILES string of the molecule is CC(=O)NCc1ccc(C(=O)COC(=O)c2ccc(C=O)cc2)s1. The van der Waals surface area contributed by atoms with Gasteiger partial charge in [0.25, 0.3) is 0 Å². The van der Waals surface area contributed by atoms with Gasteiger partial charge in [0.05, 0.1) is 17.0 Å². The Morgan fingerprint density at radius 3 is 2.46 bits per heavy atom. The summed E-state index contributed by atoms with van der Waals surface area (Å²) < 4.78 is 4.99. The zero-order valence-corrected chi connectivity index (χ0v) is 13.7. The molecule has 0 radical (unpaired) electrons. The Hall–Kier alpha value is -2.80. The number of esters is 1. The van der Waals surface area contributed by atoms with Crippen molar-refractivity contribution < 1.29 is 23.9 Å². The van der Waals surface area contributed by atoms with Crippen LogP contribution < -0.4 is 5.32 Å². The molecule has 124 valence electrons. The van der Waals surface area contributed by atoms with Crippen molar-refractivity contribution in [1.29, 1.82) is 0 Å². The van der Waals surface area contributed by atoms with Crippen molar-refractivity contribution in [2.75, 3.05) is 6.61 Å². The first-order valence-corrected chi connectivity index (χ1v) is 7.90. The third kappa shape index (κ3) is 4.85. The Labute approximate surface area is 142 Å². The van der Waals surface area contributed by atoms with E-state index in [1.165, 1.54) is 42.5 Å². The van der Waals surface area contributed by atoms with Crippen LogP contribution in [0.4, 0.5) is 0 Å². The first kappa shape index (κ1) is 17.6. The molecule has 0 fully saturated rings. The van der Waals surface area contributed by atoms with E-state index < -0.39 is 5.97 Å². The molecule has 1 aromatic heterocycles. The summed E-state index contributed by atoms with van der Waals surface area (Å²) >= 11 is 1.24. The average Bonchev–Trinajstić information content (AvgIpc) is 3.06. The summed E-state index contributed by atoms with van der Waals surface area (Å²) in [7, 11) is 0. The highest BCUT2D eigenvalue weighted by Gasteiger charge is 2.14. The fourth-order valence-corrected chi connectivity index (χ4v) is 2.69. The smallest absolute Gasteiger partial charge is 0.338 e. The van der Waals surface area contributed by atoms with Gasteiger partial charge in [-0.1, -0.05) is 12.1 Å². The van der Waals surface area contributed by atoms with Crippen LogP contribution >= 0.6 is 11.3 Å². The molecular weight excluding hydrogens is 330 g/mol. The van der Waals surface area contributed by atoms with Crippen molar-refractivity contribution in [2.24, 2.45) is 0 Å². The number of ketones is 1.